The molecule has 4 rings (SSSR count). The van der Waals surface area contributed by atoms with Crippen LogP contribution in [0.4, 0.5) is 5.69 Å². The maximum absolute atomic E-state index is 12.7. The summed E-state index contributed by atoms with van der Waals surface area (Å²) < 4.78 is 26.9. The first-order chi connectivity index (χ1) is 13.5. The van der Waals surface area contributed by atoms with Gasteiger partial charge in [-0.1, -0.05) is 48.5 Å². The minimum absolute atomic E-state index is 0.175. The summed E-state index contributed by atoms with van der Waals surface area (Å²) >= 11 is 0. The molecular weight excluding hydrogens is 372 g/mol. The number of rotatable bonds is 5. The molecule has 1 aliphatic rings. The molecule has 3 aromatic rings. The van der Waals surface area contributed by atoms with Crippen LogP contribution in [0.2, 0.25) is 0 Å². The number of anilines is 1. The van der Waals surface area contributed by atoms with Crippen molar-refractivity contribution in [2.24, 2.45) is 0 Å². The molecule has 0 spiro atoms. The average Bonchev–Trinajstić information content (AvgIpc) is 3.24. The van der Waals surface area contributed by atoms with E-state index in [1.807, 2.05) is 42.5 Å². The predicted molar refractivity (Wildman–Crippen MR) is 111 cm³/mol. The number of amides is 1. The highest BCUT2D eigenvalue weighted by atomic mass is 32.2. The zero-order valence-electron chi connectivity index (χ0n) is 15.5. The fraction of sp³-hybridized carbons (Fsp3) is 0.227. The highest BCUT2D eigenvalue weighted by Gasteiger charge is 2.27. The van der Waals surface area contributed by atoms with Gasteiger partial charge < -0.3 is 5.32 Å². The van der Waals surface area contributed by atoms with Gasteiger partial charge >= 0.3 is 0 Å². The molecule has 3 aromatic carbocycles. The van der Waals surface area contributed by atoms with Crippen molar-refractivity contribution in [2.45, 2.75) is 24.2 Å². The summed E-state index contributed by atoms with van der Waals surface area (Å²) in [6.07, 6.45) is 2.01. The number of sulfonamides is 1. The molecule has 0 saturated carbocycles. The van der Waals surface area contributed by atoms with Crippen molar-refractivity contribution in [3.63, 3.8) is 0 Å². The van der Waals surface area contributed by atoms with E-state index in [0.717, 1.165) is 29.2 Å². The molecule has 144 valence electrons. The number of benzene rings is 3. The maximum Gasteiger partial charge on any atom is 0.243 e. The molecule has 1 fully saturated rings. The lowest BCUT2D eigenvalue weighted by molar-refractivity contribution is -0.115. The Bertz CT molecular complexity index is 1120. The lowest BCUT2D eigenvalue weighted by Crippen LogP contribution is -2.28. The first kappa shape index (κ1) is 18.7. The van der Waals surface area contributed by atoms with E-state index in [2.05, 4.69) is 5.32 Å². The summed E-state index contributed by atoms with van der Waals surface area (Å²) in [6, 6.07) is 20.4. The molecule has 6 heteroatoms. The van der Waals surface area contributed by atoms with Crippen LogP contribution < -0.4 is 5.32 Å². The Balaban J connectivity index is 1.48. The van der Waals surface area contributed by atoms with Crippen LogP contribution in [0.15, 0.2) is 71.6 Å². The van der Waals surface area contributed by atoms with Gasteiger partial charge in [0.05, 0.1) is 11.3 Å². The third kappa shape index (κ3) is 3.93. The third-order valence-corrected chi connectivity index (χ3v) is 6.89. The van der Waals surface area contributed by atoms with Crippen molar-refractivity contribution in [2.75, 3.05) is 18.4 Å². The third-order valence-electron chi connectivity index (χ3n) is 5.00. The predicted octanol–water partition coefficient (Wildman–Crippen LogP) is 3.81. The lowest BCUT2D eigenvalue weighted by atomic mass is 10.0. The van der Waals surface area contributed by atoms with E-state index in [-0.39, 0.29) is 17.2 Å². The molecule has 1 heterocycles. The van der Waals surface area contributed by atoms with Crippen molar-refractivity contribution in [1.82, 2.24) is 4.31 Å². The van der Waals surface area contributed by atoms with E-state index in [4.69, 9.17) is 0 Å². The van der Waals surface area contributed by atoms with Crippen molar-refractivity contribution in [3.05, 3.63) is 72.3 Å². The van der Waals surface area contributed by atoms with Gasteiger partial charge in [0, 0.05) is 18.8 Å². The van der Waals surface area contributed by atoms with Crippen molar-refractivity contribution in [3.8, 4) is 0 Å². The van der Waals surface area contributed by atoms with Crippen molar-refractivity contribution in [1.29, 1.82) is 0 Å². The van der Waals surface area contributed by atoms with Gasteiger partial charge in [-0.25, -0.2) is 8.42 Å². The van der Waals surface area contributed by atoms with E-state index >= 15 is 0 Å². The van der Waals surface area contributed by atoms with Gasteiger partial charge in [-0.3, -0.25) is 4.79 Å². The fourth-order valence-corrected chi connectivity index (χ4v) is 5.11. The molecule has 0 bridgehead atoms. The van der Waals surface area contributed by atoms with Gasteiger partial charge in [-0.15, -0.1) is 0 Å². The second kappa shape index (κ2) is 7.73. The summed E-state index contributed by atoms with van der Waals surface area (Å²) in [5.41, 5.74) is 1.41. The quantitative estimate of drug-likeness (QED) is 0.716. The number of fused-ring (bicyclic) bond motifs is 1. The molecule has 28 heavy (non-hydrogen) atoms. The molecule has 1 N–H and O–H groups in total. The van der Waals surface area contributed by atoms with Crippen LogP contribution in [0, 0.1) is 0 Å². The smallest absolute Gasteiger partial charge is 0.243 e. The normalized spacial score (nSPS) is 15.0. The largest absolute Gasteiger partial charge is 0.326 e. The summed E-state index contributed by atoms with van der Waals surface area (Å²) in [4.78, 5) is 12.7. The van der Waals surface area contributed by atoms with Gasteiger partial charge in [-0.05, 0) is 47.4 Å². The van der Waals surface area contributed by atoms with Crippen LogP contribution in [0.5, 0.6) is 0 Å². The fourth-order valence-electron chi connectivity index (χ4n) is 3.55. The number of hydrogen-bond donors (Lipinski definition) is 1. The second-order valence-corrected chi connectivity index (χ2v) is 8.98. The van der Waals surface area contributed by atoms with Crippen molar-refractivity contribution >= 4 is 32.4 Å². The average molecular weight is 394 g/mol. The standard InChI is InChI=1S/C22H22N2O3S/c25-22(15-17-10-11-18-6-1-2-7-19(18)14-17)23-20-8-5-9-21(16-20)28(26,27)24-12-3-4-13-24/h1-2,5-11,14,16H,3-4,12-13,15H2,(H,23,25). The van der Waals surface area contributed by atoms with Gasteiger partial charge in [0.1, 0.15) is 0 Å². The maximum atomic E-state index is 12.7. The minimum atomic E-state index is -3.50. The van der Waals surface area contributed by atoms with Crippen LogP contribution in [0.3, 0.4) is 0 Å². The van der Waals surface area contributed by atoms with E-state index in [1.54, 1.807) is 18.2 Å². The molecule has 1 amide bonds. The highest BCUT2D eigenvalue weighted by Crippen LogP contribution is 2.23. The van der Waals surface area contributed by atoms with Crippen LogP contribution in [0.25, 0.3) is 10.8 Å². The molecule has 1 saturated heterocycles. The monoisotopic (exact) mass is 394 g/mol. The molecule has 5 nitrogen and oxygen atoms in total. The zero-order chi connectivity index (χ0) is 19.6. The summed E-state index contributed by atoms with van der Waals surface area (Å²) in [5.74, 6) is -0.175. The number of carbonyl (C=O) groups excluding carboxylic acids is 1. The summed E-state index contributed by atoms with van der Waals surface area (Å²) in [7, 11) is -3.50. The number of carbonyl (C=O) groups is 1. The van der Waals surface area contributed by atoms with E-state index < -0.39 is 10.0 Å². The Morgan fingerprint density at radius 2 is 1.64 bits per heavy atom. The topological polar surface area (TPSA) is 66.5 Å². The Morgan fingerprint density at radius 1 is 0.893 bits per heavy atom. The molecule has 0 aromatic heterocycles. The molecule has 1 aliphatic heterocycles. The Labute approximate surface area is 165 Å². The summed E-state index contributed by atoms with van der Waals surface area (Å²) in [6.45, 7) is 1.11. The first-order valence-corrected chi connectivity index (χ1v) is 10.8. The molecule has 0 aliphatic carbocycles. The van der Waals surface area contributed by atoms with Crippen LogP contribution in [0.1, 0.15) is 18.4 Å². The Kier molecular flexibility index (Phi) is 5.15. The van der Waals surface area contributed by atoms with Gasteiger partial charge in [0.2, 0.25) is 15.9 Å². The summed E-state index contributed by atoms with van der Waals surface area (Å²) in [5, 5.41) is 5.04. The van der Waals surface area contributed by atoms with Gasteiger partial charge in [0.25, 0.3) is 0 Å². The first-order valence-electron chi connectivity index (χ1n) is 9.40. The molecule has 0 radical (unpaired) electrons. The van der Waals surface area contributed by atoms with Crippen molar-refractivity contribution < 1.29 is 13.2 Å². The van der Waals surface area contributed by atoms with Gasteiger partial charge in [0.15, 0.2) is 0 Å². The number of hydrogen-bond acceptors (Lipinski definition) is 3. The minimum Gasteiger partial charge on any atom is -0.326 e. The lowest BCUT2D eigenvalue weighted by Gasteiger charge is -2.16. The van der Waals surface area contributed by atoms with E-state index in [9.17, 15) is 13.2 Å². The van der Waals surface area contributed by atoms with E-state index in [0.29, 0.717) is 18.8 Å². The van der Waals surface area contributed by atoms with E-state index in [1.165, 1.54) is 10.4 Å². The molecular formula is C22H22N2O3S. The Morgan fingerprint density at radius 3 is 2.43 bits per heavy atom. The van der Waals surface area contributed by atoms with Crippen LogP contribution in [-0.4, -0.2) is 31.7 Å². The van der Waals surface area contributed by atoms with Gasteiger partial charge in [-0.2, -0.15) is 4.31 Å². The number of nitrogens with one attached hydrogen (secondary N) is 1. The van der Waals surface area contributed by atoms with Crippen LogP contribution >= 0.6 is 0 Å². The molecule has 0 atom stereocenters. The zero-order valence-corrected chi connectivity index (χ0v) is 16.3. The Hall–Kier alpha value is -2.70. The highest BCUT2D eigenvalue weighted by molar-refractivity contribution is 7.89. The number of nitrogens with zero attached hydrogens (tertiary/aromatic N) is 1. The second-order valence-electron chi connectivity index (χ2n) is 7.05. The SMILES string of the molecule is O=C(Cc1ccc2ccccc2c1)Nc1cccc(S(=O)(=O)N2CCCC2)c1. The van der Waals surface area contributed by atoms with Crippen LogP contribution in [-0.2, 0) is 21.2 Å². The molecule has 0 unspecified atom stereocenters.